The van der Waals surface area contributed by atoms with Gasteiger partial charge in [-0.15, -0.1) is 0 Å². The van der Waals surface area contributed by atoms with E-state index in [-0.39, 0.29) is 0 Å². The smallest absolute Gasteiger partial charge is 0.0354 e. The highest BCUT2D eigenvalue weighted by atomic mass is 14.3. The van der Waals surface area contributed by atoms with Gasteiger partial charge >= 0.3 is 0 Å². The Labute approximate surface area is 118 Å². The predicted molar refractivity (Wildman–Crippen MR) is 86.9 cm³/mol. The molecule has 0 saturated heterocycles. The van der Waals surface area contributed by atoms with E-state index in [4.69, 9.17) is 0 Å². The van der Waals surface area contributed by atoms with Gasteiger partial charge in [-0.05, 0) is 34.5 Å². The Kier molecular flexibility index (Phi) is 8.53. The first kappa shape index (κ1) is 20.3. The van der Waals surface area contributed by atoms with E-state index in [0.29, 0.717) is 10.8 Å². The zero-order valence-corrected chi connectivity index (χ0v) is 15.3. The zero-order valence-electron chi connectivity index (χ0n) is 15.3. The van der Waals surface area contributed by atoms with Gasteiger partial charge in [0, 0.05) is 0 Å². The van der Waals surface area contributed by atoms with Gasteiger partial charge in [-0.3, -0.25) is 0 Å². The lowest BCUT2D eigenvalue weighted by molar-refractivity contribution is 0.124. The number of hydrogen-bond acceptors (Lipinski definition) is 0. The Balaban J connectivity index is 0. The molecule has 0 rings (SSSR count). The highest BCUT2D eigenvalue weighted by molar-refractivity contribution is 4.78. The second kappa shape index (κ2) is 7.56. The van der Waals surface area contributed by atoms with Crippen molar-refractivity contribution in [1.82, 2.24) is 0 Å². The van der Waals surface area contributed by atoms with Gasteiger partial charge in [0.15, 0.2) is 0 Å². The van der Waals surface area contributed by atoms with Crippen LogP contribution in [0.1, 0.15) is 83.1 Å². The Morgan fingerprint density at radius 1 is 0.556 bits per heavy atom. The summed E-state index contributed by atoms with van der Waals surface area (Å²) in [6, 6.07) is 0. The van der Waals surface area contributed by atoms with Crippen LogP contribution in [-0.2, 0) is 0 Å². The average molecular weight is 257 g/mol. The van der Waals surface area contributed by atoms with Gasteiger partial charge < -0.3 is 0 Å². The van der Waals surface area contributed by atoms with E-state index >= 15 is 0 Å². The molecule has 0 aromatic heterocycles. The van der Waals surface area contributed by atoms with Gasteiger partial charge in [0.25, 0.3) is 0 Å². The molecule has 0 bridgehead atoms. The van der Waals surface area contributed by atoms with Crippen molar-refractivity contribution in [3.63, 3.8) is 0 Å². The van der Waals surface area contributed by atoms with Crippen molar-refractivity contribution in [3.8, 4) is 0 Å². The monoisotopic (exact) mass is 256 g/mol. The van der Waals surface area contributed by atoms with Crippen LogP contribution in [-0.4, -0.2) is 0 Å². The van der Waals surface area contributed by atoms with Crippen LogP contribution < -0.4 is 0 Å². The molecular formula is C18H40. The topological polar surface area (TPSA) is 0 Å². The summed E-state index contributed by atoms with van der Waals surface area (Å²) in [6.45, 7) is 27.6. The summed E-state index contributed by atoms with van der Waals surface area (Å²) < 4.78 is 0. The normalized spacial score (nSPS) is 17.8. The maximum Gasteiger partial charge on any atom is -0.0354 e. The SMILES string of the molecule is CC(C)(C)C.CC(C)C(C)C(C)C(C)C(C)(C)C. The summed E-state index contributed by atoms with van der Waals surface area (Å²) >= 11 is 0. The quantitative estimate of drug-likeness (QED) is 0.530. The molecule has 0 aliphatic rings. The molecule has 0 nitrogen and oxygen atoms in total. The summed E-state index contributed by atoms with van der Waals surface area (Å²) in [5, 5.41) is 0. The minimum Gasteiger partial charge on any atom is -0.0625 e. The highest BCUT2D eigenvalue weighted by Gasteiger charge is 2.29. The van der Waals surface area contributed by atoms with Gasteiger partial charge in [-0.25, -0.2) is 0 Å². The standard InChI is InChI=1S/C13H28.C5H12/c1-9(2)10(3)11(4)12(5)13(6,7)8;1-5(2,3)4/h9-12H,1-8H3;1-4H3. The van der Waals surface area contributed by atoms with E-state index in [1.165, 1.54) is 0 Å². The van der Waals surface area contributed by atoms with Crippen LogP contribution in [0.5, 0.6) is 0 Å². The zero-order chi connectivity index (χ0) is 15.3. The highest BCUT2D eigenvalue weighted by Crippen LogP contribution is 2.37. The second-order valence-corrected chi connectivity index (χ2v) is 9.12. The molecule has 0 spiro atoms. The Morgan fingerprint density at radius 2 is 0.833 bits per heavy atom. The molecule has 0 heteroatoms. The van der Waals surface area contributed by atoms with E-state index in [1.54, 1.807) is 0 Å². The molecule has 3 atom stereocenters. The van der Waals surface area contributed by atoms with Gasteiger partial charge in [0.1, 0.15) is 0 Å². The van der Waals surface area contributed by atoms with E-state index in [0.717, 1.165) is 23.7 Å². The summed E-state index contributed by atoms with van der Waals surface area (Å²) in [4.78, 5) is 0. The molecule has 0 saturated carbocycles. The lowest BCUT2D eigenvalue weighted by Crippen LogP contribution is -2.29. The predicted octanol–water partition coefficient (Wildman–Crippen LogP) is 6.65. The molecule has 112 valence electrons. The first-order valence-corrected chi connectivity index (χ1v) is 7.68. The molecule has 0 amide bonds. The fourth-order valence-corrected chi connectivity index (χ4v) is 1.85. The van der Waals surface area contributed by atoms with Crippen LogP contribution in [0.25, 0.3) is 0 Å². The van der Waals surface area contributed by atoms with Crippen LogP contribution in [0, 0.1) is 34.5 Å². The van der Waals surface area contributed by atoms with Crippen molar-refractivity contribution in [1.29, 1.82) is 0 Å². The molecular weight excluding hydrogens is 216 g/mol. The number of rotatable bonds is 3. The lowest BCUT2D eigenvalue weighted by Gasteiger charge is -2.37. The van der Waals surface area contributed by atoms with Gasteiger partial charge in [-0.2, -0.15) is 0 Å². The first-order valence-electron chi connectivity index (χ1n) is 7.68. The average Bonchev–Trinajstić information content (AvgIpc) is 2.09. The van der Waals surface area contributed by atoms with Crippen molar-refractivity contribution in [2.45, 2.75) is 83.1 Å². The molecule has 0 aliphatic heterocycles. The van der Waals surface area contributed by atoms with Crippen molar-refractivity contribution in [3.05, 3.63) is 0 Å². The fourth-order valence-electron chi connectivity index (χ4n) is 1.85. The maximum atomic E-state index is 2.40. The minimum absolute atomic E-state index is 0.447. The molecule has 0 aromatic rings. The molecule has 3 unspecified atom stereocenters. The van der Waals surface area contributed by atoms with E-state index in [9.17, 15) is 0 Å². The molecule has 0 fully saturated rings. The second-order valence-electron chi connectivity index (χ2n) is 9.12. The third kappa shape index (κ3) is 11.1. The van der Waals surface area contributed by atoms with Crippen LogP contribution in [0.4, 0.5) is 0 Å². The molecule has 0 radical (unpaired) electrons. The lowest BCUT2D eigenvalue weighted by atomic mass is 9.69. The summed E-state index contributed by atoms with van der Waals surface area (Å²) in [6.07, 6.45) is 0. The Hall–Kier alpha value is 0. The van der Waals surface area contributed by atoms with Crippen molar-refractivity contribution < 1.29 is 0 Å². The van der Waals surface area contributed by atoms with Crippen LogP contribution >= 0.6 is 0 Å². The van der Waals surface area contributed by atoms with Gasteiger partial charge in [-0.1, -0.05) is 83.1 Å². The molecule has 0 aromatic carbocycles. The van der Waals surface area contributed by atoms with Gasteiger partial charge in [0.2, 0.25) is 0 Å². The minimum atomic E-state index is 0.447. The van der Waals surface area contributed by atoms with Crippen LogP contribution in [0.3, 0.4) is 0 Å². The molecule has 0 N–H and O–H groups in total. The summed E-state index contributed by atoms with van der Waals surface area (Å²) in [5.41, 5.74) is 0.947. The van der Waals surface area contributed by atoms with Crippen molar-refractivity contribution in [2.75, 3.05) is 0 Å². The van der Waals surface area contributed by atoms with Crippen molar-refractivity contribution >= 4 is 0 Å². The van der Waals surface area contributed by atoms with Crippen LogP contribution in [0.2, 0.25) is 0 Å². The largest absolute Gasteiger partial charge is 0.0625 e. The molecule has 0 heterocycles. The summed E-state index contributed by atoms with van der Waals surface area (Å²) in [7, 11) is 0. The van der Waals surface area contributed by atoms with Crippen molar-refractivity contribution in [2.24, 2.45) is 34.5 Å². The third-order valence-electron chi connectivity index (χ3n) is 4.04. The van der Waals surface area contributed by atoms with Crippen LogP contribution in [0.15, 0.2) is 0 Å². The Morgan fingerprint density at radius 3 is 1.00 bits per heavy atom. The maximum absolute atomic E-state index is 2.40. The third-order valence-corrected chi connectivity index (χ3v) is 4.04. The van der Waals surface area contributed by atoms with E-state index in [1.807, 2.05) is 0 Å². The molecule has 18 heavy (non-hydrogen) atoms. The molecule has 0 aliphatic carbocycles. The van der Waals surface area contributed by atoms with Gasteiger partial charge in [0.05, 0.1) is 0 Å². The first-order chi connectivity index (χ1) is 7.68. The number of hydrogen-bond donors (Lipinski definition) is 0. The van der Waals surface area contributed by atoms with E-state index in [2.05, 4.69) is 83.1 Å². The summed E-state index contributed by atoms with van der Waals surface area (Å²) in [5.74, 6) is 3.25. The van der Waals surface area contributed by atoms with E-state index < -0.39 is 0 Å². The Bertz CT molecular complexity index is 193. The fraction of sp³-hybridized carbons (Fsp3) is 1.00.